The van der Waals surface area contributed by atoms with Crippen molar-refractivity contribution in [3.63, 3.8) is 0 Å². The maximum absolute atomic E-state index is 5.27. The summed E-state index contributed by atoms with van der Waals surface area (Å²) in [5.74, 6) is 0.899. The molecule has 0 amide bonds. The molecule has 1 N–H and O–H groups in total. The number of methoxy groups -OCH3 is 1. The van der Waals surface area contributed by atoms with Crippen LogP contribution in [-0.2, 0) is 6.54 Å². The molecule has 0 saturated carbocycles. The maximum atomic E-state index is 5.27. The Hall–Kier alpha value is -1.13. The molecule has 0 fully saturated rings. The van der Waals surface area contributed by atoms with Crippen LogP contribution in [0.4, 0.5) is 0 Å². The standard InChI is InChI=1S/C11H14N2OS/c1-7-13-11-8(6-12-2)4-9(14-3)5-10(11)15-7/h4-5,12H,6H2,1-3H3. The lowest BCUT2D eigenvalue weighted by Crippen LogP contribution is -2.05. The van der Waals surface area contributed by atoms with Crippen molar-refractivity contribution in [2.75, 3.05) is 14.2 Å². The Balaban J connectivity index is 2.62. The highest BCUT2D eigenvalue weighted by atomic mass is 32.1. The predicted molar refractivity (Wildman–Crippen MR) is 63.7 cm³/mol. The van der Waals surface area contributed by atoms with Crippen molar-refractivity contribution in [1.82, 2.24) is 10.3 Å². The van der Waals surface area contributed by atoms with Gasteiger partial charge >= 0.3 is 0 Å². The van der Waals surface area contributed by atoms with Crippen LogP contribution >= 0.6 is 11.3 Å². The number of aromatic nitrogens is 1. The molecule has 15 heavy (non-hydrogen) atoms. The Bertz CT molecular complexity index is 479. The highest BCUT2D eigenvalue weighted by Crippen LogP contribution is 2.29. The van der Waals surface area contributed by atoms with Crippen molar-refractivity contribution < 1.29 is 4.74 Å². The van der Waals surface area contributed by atoms with Crippen LogP contribution in [-0.4, -0.2) is 19.1 Å². The van der Waals surface area contributed by atoms with Crippen LogP contribution in [0.3, 0.4) is 0 Å². The van der Waals surface area contributed by atoms with E-state index in [4.69, 9.17) is 4.74 Å². The third-order valence-electron chi connectivity index (χ3n) is 2.26. The van der Waals surface area contributed by atoms with Crippen LogP contribution in [0.5, 0.6) is 5.75 Å². The van der Waals surface area contributed by atoms with E-state index >= 15 is 0 Å². The maximum Gasteiger partial charge on any atom is 0.120 e. The highest BCUT2D eigenvalue weighted by molar-refractivity contribution is 7.18. The highest BCUT2D eigenvalue weighted by Gasteiger charge is 2.08. The van der Waals surface area contributed by atoms with Gasteiger partial charge in [-0.3, -0.25) is 0 Å². The largest absolute Gasteiger partial charge is 0.497 e. The van der Waals surface area contributed by atoms with Crippen LogP contribution in [0.2, 0.25) is 0 Å². The quantitative estimate of drug-likeness (QED) is 0.865. The number of nitrogens with zero attached hydrogens (tertiary/aromatic N) is 1. The van der Waals surface area contributed by atoms with Crippen molar-refractivity contribution in [1.29, 1.82) is 0 Å². The Morgan fingerprint density at radius 2 is 2.27 bits per heavy atom. The number of hydrogen-bond donors (Lipinski definition) is 1. The van der Waals surface area contributed by atoms with Gasteiger partial charge in [-0.05, 0) is 31.7 Å². The summed E-state index contributed by atoms with van der Waals surface area (Å²) in [5.41, 5.74) is 2.28. The molecule has 0 spiro atoms. The van der Waals surface area contributed by atoms with E-state index in [2.05, 4.69) is 10.3 Å². The lowest BCUT2D eigenvalue weighted by molar-refractivity contribution is 0.415. The Morgan fingerprint density at radius 3 is 2.93 bits per heavy atom. The molecule has 0 unspecified atom stereocenters. The summed E-state index contributed by atoms with van der Waals surface area (Å²) in [6, 6.07) is 4.08. The molecule has 0 atom stereocenters. The van der Waals surface area contributed by atoms with Gasteiger partial charge in [0.15, 0.2) is 0 Å². The molecule has 80 valence electrons. The van der Waals surface area contributed by atoms with Crippen molar-refractivity contribution >= 4 is 21.6 Å². The zero-order valence-electron chi connectivity index (χ0n) is 9.13. The molecule has 0 aliphatic rings. The molecule has 1 aromatic heterocycles. The van der Waals surface area contributed by atoms with E-state index in [0.29, 0.717) is 0 Å². The van der Waals surface area contributed by atoms with Gasteiger partial charge in [0.2, 0.25) is 0 Å². The lowest BCUT2D eigenvalue weighted by Gasteiger charge is -2.05. The SMILES string of the molecule is CNCc1cc(OC)cc2sc(C)nc12. The van der Waals surface area contributed by atoms with Crippen molar-refractivity contribution in [3.8, 4) is 5.75 Å². The van der Waals surface area contributed by atoms with Crippen LogP contribution in [0.1, 0.15) is 10.6 Å². The number of fused-ring (bicyclic) bond motifs is 1. The molecule has 1 heterocycles. The molecule has 0 aliphatic heterocycles. The Kier molecular flexibility index (Phi) is 2.88. The summed E-state index contributed by atoms with van der Waals surface area (Å²) < 4.78 is 6.46. The minimum absolute atomic E-state index is 0.816. The van der Waals surface area contributed by atoms with E-state index in [1.54, 1.807) is 18.4 Å². The van der Waals surface area contributed by atoms with Crippen molar-refractivity contribution in [3.05, 3.63) is 22.7 Å². The molecule has 4 heteroatoms. The predicted octanol–water partition coefficient (Wildman–Crippen LogP) is 2.33. The van der Waals surface area contributed by atoms with Crippen LogP contribution in [0.15, 0.2) is 12.1 Å². The number of aryl methyl sites for hydroxylation is 1. The minimum Gasteiger partial charge on any atom is -0.497 e. The summed E-state index contributed by atoms with van der Waals surface area (Å²) in [4.78, 5) is 4.53. The van der Waals surface area contributed by atoms with Crippen molar-refractivity contribution in [2.45, 2.75) is 13.5 Å². The second-order valence-corrected chi connectivity index (χ2v) is 4.63. The second kappa shape index (κ2) is 4.16. The average Bonchev–Trinajstić information content (AvgIpc) is 2.58. The molecule has 3 nitrogen and oxygen atoms in total. The van der Waals surface area contributed by atoms with Gasteiger partial charge in [0, 0.05) is 6.54 Å². The molecule has 0 saturated heterocycles. The Labute approximate surface area is 93.1 Å². The normalized spacial score (nSPS) is 10.9. The molecule has 2 rings (SSSR count). The van der Waals surface area contributed by atoms with Crippen LogP contribution < -0.4 is 10.1 Å². The molecule has 0 radical (unpaired) electrons. The summed E-state index contributed by atoms with van der Waals surface area (Å²) in [5, 5.41) is 4.24. The van der Waals surface area contributed by atoms with E-state index in [1.165, 1.54) is 10.3 Å². The first-order chi connectivity index (χ1) is 7.24. The van der Waals surface area contributed by atoms with Gasteiger partial charge in [0.25, 0.3) is 0 Å². The van der Waals surface area contributed by atoms with Crippen LogP contribution in [0, 0.1) is 6.92 Å². The Morgan fingerprint density at radius 1 is 1.47 bits per heavy atom. The van der Waals surface area contributed by atoms with Gasteiger partial charge in [-0.25, -0.2) is 4.98 Å². The van der Waals surface area contributed by atoms with Crippen LogP contribution in [0.25, 0.3) is 10.2 Å². The number of rotatable bonds is 3. The fourth-order valence-corrected chi connectivity index (χ4v) is 2.53. The van der Waals surface area contributed by atoms with E-state index in [1.807, 2.05) is 26.1 Å². The average molecular weight is 222 g/mol. The van der Waals surface area contributed by atoms with E-state index in [0.717, 1.165) is 22.8 Å². The summed E-state index contributed by atoms with van der Waals surface area (Å²) in [7, 11) is 3.63. The van der Waals surface area contributed by atoms with E-state index < -0.39 is 0 Å². The molecule has 0 bridgehead atoms. The van der Waals surface area contributed by atoms with E-state index in [-0.39, 0.29) is 0 Å². The smallest absolute Gasteiger partial charge is 0.120 e. The molecule has 2 aromatic rings. The number of nitrogens with one attached hydrogen (secondary N) is 1. The molecular weight excluding hydrogens is 208 g/mol. The zero-order valence-corrected chi connectivity index (χ0v) is 9.94. The summed E-state index contributed by atoms with van der Waals surface area (Å²) in [6.07, 6.45) is 0. The molecule has 1 aromatic carbocycles. The summed E-state index contributed by atoms with van der Waals surface area (Å²) >= 11 is 1.70. The molecule has 0 aliphatic carbocycles. The topological polar surface area (TPSA) is 34.1 Å². The summed E-state index contributed by atoms with van der Waals surface area (Å²) in [6.45, 7) is 2.84. The van der Waals surface area contributed by atoms with E-state index in [9.17, 15) is 0 Å². The van der Waals surface area contributed by atoms with Gasteiger partial charge < -0.3 is 10.1 Å². The number of thiazole rings is 1. The second-order valence-electron chi connectivity index (χ2n) is 3.40. The van der Waals surface area contributed by atoms with Gasteiger partial charge in [0.05, 0.1) is 22.3 Å². The van der Waals surface area contributed by atoms with Crippen molar-refractivity contribution in [2.24, 2.45) is 0 Å². The fraction of sp³-hybridized carbons (Fsp3) is 0.364. The van der Waals surface area contributed by atoms with Gasteiger partial charge in [-0.2, -0.15) is 0 Å². The monoisotopic (exact) mass is 222 g/mol. The fourth-order valence-electron chi connectivity index (χ4n) is 1.62. The first kappa shape index (κ1) is 10.4. The lowest BCUT2D eigenvalue weighted by atomic mass is 10.2. The minimum atomic E-state index is 0.816. The third kappa shape index (κ3) is 1.96. The number of benzene rings is 1. The first-order valence-corrected chi connectivity index (χ1v) is 5.65. The van der Waals surface area contributed by atoms with Gasteiger partial charge in [-0.15, -0.1) is 11.3 Å². The first-order valence-electron chi connectivity index (χ1n) is 4.83. The van der Waals surface area contributed by atoms with Gasteiger partial charge in [-0.1, -0.05) is 0 Å². The number of ether oxygens (including phenoxy) is 1. The molecular formula is C11H14N2OS. The van der Waals surface area contributed by atoms with Gasteiger partial charge in [0.1, 0.15) is 5.75 Å². The third-order valence-corrected chi connectivity index (χ3v) is 3.18. The zero-order chi connectivity index (χ0) is 10.8. The number of hydrogen-bond acceptors (Lipinski definition) is 4.